The molecule has 0 aromatic carbocycles. The molecule has 7 nitrogen and oxygen atoms in total. The number of aromatic amines is 1. The number of ether oxygens (including phenoxy) is 1. The molecule has 0 radical (unpaired) electrons. The van der Waals surface area contributed by atoms with E-state index < -0.39 is 29.0 Å². The van der Waals surface area contributed by atoms with Gasteiger partial charge in [0.2, 0.25) is 5.91 Å². The molecular formula is C20H33F3N4O3. The van der Waals surface area contributed by atoms with Crippen LogP contribution in [-0.2, 0) is 15.7 Å². The van der Waals surface area contributed by atoms with Crippen LogP contribution in [0.25, 0.3) is 0 Å². The SMILES string of the molecule is CCCN(CCC(C)CC)C(=O)CCOCC(C)Nc1cn[nH]c(=O)c1C(F)(F)F. The van der Waals surface area contributed by atoms with Crippen molar-refractivity contribution in [3.05, 3.63) is 22.1 Å². The molecule has 2 unspecified atom stereocenters. The average molecular weight is 435 g/mol. The van der Waals surface area contributed by atoms with Crippen LogP contribution in [0.3, 0.4) is 0 Å². The first-order valence-corrected chi connectivity index (χ1v) is 10.4. The van der Waals surface area contributed by atoms with Gasteiger partial charge in [0.1, 0.15) is 5.56 Å². The third-order valence-corrected chi connectivity index (χ3v) is 4.80. The first-order chi connectivity index (χ1) is 14.1. The molecule has 172 valence electrons. The molecule has 0 aliphatic rings. The van der Waals surface area contributed by atoms with E-state index in [4.69, 9.17) is 4.74 Å². The molecule has 1 heterocycles. The van der Waals surface area contributed by atoms with Gasteiger partial charge in [0.15, 0.2) is 0 Å². The van der Waals surface area contributed by atoms with Crippen molar-refractivity contribution in [3.8, 4) is 0 Å². The van der Waals surface area contributed by atoms with Gasteiger partial charge in [0.05, 0.1) is 31.5 Å². The minimum atomic E-state index is -4.80. The Hall–Kier alpha value is -2.10. The van der Waals surface area contributed by atoms with Crippen LogP contribution in [0.15, 0.2) is 11.0 Å². The van der Waals surface area contributed by atoms with Gasteiger partial charge in [-0.05, 0) is 25.7 Å². The molecule has 0 bridgehead atoms. The molecule has 1 rings (SSSR count). The lowest BCUT2D eigenvalue weighted by Crippen LogP contribution is -2.34. The van der Waals surface area contributed by atoms with E-state index in [2.05, 4.69) is 24.3 Å². The van der Waals surface area contributed by atoms with Crippen molar-refractivity contribution in [1.29, 1.82) is 0 Å². The van der Waals surface area contributed by atoms with Gasteiger partial charge in [0.25, 0.3) is 5.56 Å². The smallest absolute Gasteiger partial charge is 0.379 e. The summed E-state index contributed by atoms with van der Waals surface area (Å²) in [6.07, 6.45) is -0.766. The summed E-state index contributed by atoms with van der Waals surface area (Å²) in [6, 6.07) is -0.512. The molecule has 0 aliphatic heterocycles. The average Bonchev–Trinajstić information content (AvgIpc) is 2.66. The first-order valence-electron chi connectivity index (χ1n) is 10.4. The number of amides is 1. The summed E-state index contributed by atoms with van der Waals surface area (Å²) in [4.78, 5) is 25.7. The van der Waals surface area contributed by atoms with Gasteiger partial charge in [-0.2, -0.15) is 18.3 Å². The Morgan fingerprint density at radius 3 is 2.60 bits per heavy atom. The van der Waals surface area contributed by atoms with Gasteiger partial charge in [-0.25, -0.2) is 5.10 Å². The molecule has 2 N–H and O–H groups in total. The van der Waals surface area contributed by atoms with Crippen molar-refractivity contribution in [2.75, 3.05) is 31.6 Å². The van der Waals surface area contributed by atoms with Gasteiger partial charge in [-0.1, -0.05) is 27.2 Å². The zero-order valence-corrected chi connectivity index (χ0v) is 18.1. The van der Waals surface area contributed by atoms with Crippen LogP contribution in [0.5, 0.6) is 0 Å². The van der Waals surface area contributed by atoms with Crippen molar-refractivity contribution < 1.29 is 22.7 Å². The molecule has 0 fully saturated rings. The Bertz CT molecular complexity index is 709. The van der Waals surface area contributed by atoms with E-state index in [9.17, 15) is 22.8 Å². The van der Waals surface area contributed by atoms with E-state index in [1.54, 1.807) is 12.0 Å². The second kappa shape index (κ2) is 12.6. The third-order valence-electron chi connectivity index (χ3n) is 4.80. The van der Waals surface area contributed by atoms with Crippen LogP contribution < -0.4 is 10.9 Å². The largest absolute Gasteiger partial charge is 0.423 e. The maximum atomic E-state index is 13.1. The highest BCUT2D eigenvalue weighted by Gasteiger charge is 2.37. The number of carbonyl (C=O) groups is 1. The zero-order valence-electron chi connectivity index (χ0n) is 18.1. The zero-order chi connectivity index (χ0) is 22.7. The molecule has 1 aromatic rings. The number of nitrogens with one attached hydrogen (secondary N) is 2. The quantitative estimate of drug-likeness (QED) is 0.463. The van der Waals surface area contributed by atoms with E-state index in [0.29, 0.717) is 12.5 Å². The number of carbonyl (C=O) groups excluding carboxylic acids is 1. The standard InChI is InChI=1S/C20H33F3N4O3/c1-5-9-27(10-7-14(3)6-2)17(28)8-11-30-13-15(4)25-16-12-24-26-19(29)18(16)20(21,22)23/h12,14-15H,5-11,13H2,1-4H3,(H2,25,26,29). The number of anilines is 1. The van der Waals surface area contributed by atoms with Crippen molar-refractivity contribution >= 4 is 11.6 Å². The molecule has 0 saturated heterocycles. The Morgan fingerprint density at radius 1 is 1.30 bits per heavy atom. The summed E-state index contributed by atoms with van der Waals surface area (Å²) in [5.41, 5.74) is -3.03. The Morgan fingerprint density at radius 2 is 2.00 bits per heavy atom. The minimum Gasteiger partial charge on any atom is -0.379 e. The van der Waals surface area contributed by atoms with Crippen molar-refractivity contribution in [1.82, 2.24) is 15.1 Å². The summed E-state index contributed by atoms with van der Waals surface area (Å²) in [5, 5.41) is 7.81. The first kappa shape index (κ1) is 25.9. The minimum absolute atomic E-state index is 0.0129. The number of hydrogen-bond donors (Lipinski definition) is 2. The molecule has 0 saturated carbocycles. The van der Waals surface area contributed by atoms with Gasteiger partial charge in [-0.15, -0.1) is 0 Å². The highest BCUT2D eigenvalue weighted by Crippen LogP contribution is 2.31. The Kier molecular flexibility index (Phi) is 10.9. The normalized spacial score (nSPS) is 13.7. The maximum Gasteiger partial charge on any atom is 0.423 e. The number of halogens is 3. The van der Waals surface area contributed by atoms with Crippen molar-refractivity contribution in [2.24, 2.45) is 5.92 Å². The van der Waals surface area contributed by atoms with Gasteiger partial charge in [-0.3, -0.25) is 9.59 Å². The van der Waals surface area contributed by atoms with Gasteiger partial charge < -0.3 is 15.0 Å². The van der Waals surface area contributed by atoms with Crippen LogP contribution >= 0.6 is 0 Å². The molecule has 0 aliphatic carbocycles. The van der Waals surface area contributed by atoms with Crippen molar-refractivity contribution in [3.63, 3.8) is 0 Å². The van der Waals surface area contributed by atoms with Crippen LogP contribution in [0.1, 0.15) is 58.9 Å². The summed E-state index contributed by atoms with van der Waals surface area (Å²) < 4.78 is 44.7. The summed E-state index contributed by atoms with van der Waals surface area (Å²) in [6.45, 7) is 9.60. The molecular weight excluding hydrogens is 401 g/mol. The van der Waals surface area contributed by atoms with E-state index in [-0.39, 0.29) is 25.5 Å². The number of rotatable bonds is 13. The lowest BCUT2D eigenvalue weighted by atomic mass is 10.0. The van der Waals surface area contributed by atoms with Crippen LogP contribution in [0, 0.1) is 5.92 Å². The topological polar surface area (TPSA) is 87.3 Å². The maximum absolute atomic E-state index is 13.1. The summed E-state index contributed by atoms with van der Waals surface area (Å²) in [7, 11) is 0. The second-order valence-corrected chi connectivity index (χ2v) is 7.54. The van der Waals surface area contributed by atoms with Crippen LogP contribution in [0.2, 0.25) is 0 Å². The van der Waals surface area contributed by atoms with Crippen LogP contribution in [-0.4, -0.2) is 53.3 Å². The highest BCUT2D eigenvalue weighted by atomic mass is 19.4. The summed E-state index contributed by atoms with van der Waals surface area (Å²) in [5.74, 6) is 0.570. The number of nitrogens with zero attached hydrogens (tertiary/aromatic N) is 2. The fourth-order valence-electron chi connectivity index (χ4n) is 2.89. The number of aromatic nitrogens is 2. The third kappa shape index (κ3) is 8.73. The molecule has 30 heavy (non-hydrogen) atoms. The highest BCUT2D eigenvalue weighted by molar-refractivity contribution is 5.76. The number of H-pyrrole nitrogens is 1. The Labute approximate surface area is 175 Å². The molecule has 1 amide bonds. The van der Waals surface area contributed by atoms with E-state index in [0.717, 1.165) is 32.0 Å². The lowest BCUT2D eigenvalue weighted by molar-refractivity contribution is -0.138. The summed E-state index contributed by atoms with van der Waals surface area (Å²) >= 11 is 0. The van der Waals surface area contributed by atoms with Crippen molar-refractivity contribution in [2.45, 2.75) is 65.6 Å². The monoisotopic (exact) mass is 434 g/mol. The fourth-order valence-corrected chi connectivity index (χ4v) is 2.89. The van der Waals surface area contributed by atoms with E-state index in [1.165, 1.54) is 0 Å². The molecule has 2 atom stereocenters. The predicted molar refractivity (Wildman–Crippen MR) is 109 cm³/mol. The van der Waals surface area contributed by atoms with Gasteiger partial charge in [0, 0.05) is 19.1 Å². The Balaban J connectivity index is 2.50. The van der Waals surface area contributed by atoms with E-state index >= 15 is 0 Å². The van der Waals surface area contributed by atoms with Gasteiger partial charge >= 0.3 is 6.18 Å². The lowest BCUT2D eigenvalue weighted by Gasteiger charge is -2.24. The fraction of sp³-hybridized carbons (Fsp3) is 0.750. The molecule has 0 spiro atoms. The van der Waals surface area contributed by atoms with E-state index in [1.807, 2.05) is 11.8 Å². The van der Waals surface area contributed by atoms with Crippen LogP contribution in [0.4, 0.5) is 18.9 Å². The second-order valence-electron chi connectivity index (χ2n) is 7.54. The number of alkyl halides is 3. The molecule has 1 aromatic heterocycles. The predicted octanol–water partition coefficient (Wildman–Crippen LogP) is 3.67. The molecule has 10 heteroatoms. The number of hydrogen-bond acceptors (Lipinski definition) is 5.